The topological polar surface area (TPSA) is 101 Å². The van der Waals surface area contributed by atoms with Crippen LogP contribution in [0, 0.1) is 5.41 Å². The Hall–Kier alpha value is -2.96. The monoisotopic (exact) mass is 357 g/mol. The summed E-state index contributed by atoms with van der Waals surface area (Å²) < 4.78 is 5.54. The van der Waals surface area contributed by atoms with Crippen LogP contribution >= 0.6 is 0 Å². The molecule has 0 radical (unpaired) electrons. The molecule has 1 amide bonds. The van der Waals surface area contributed by atoms with E-state index in [-0.39, 0.29) is 5.41 Å². The lowest BCUT2D eigenvalue weighted by atomic mass is 9.88. The van der Waals surface area contributed by atoms with Crippen molar-refractivity contribution in [2.24, 2.45) is 5.41 Å². The van der Waals surface area contributed by atoms with E-state index in [2.05, 4.69) is 15.3 Å². The molecule has 0 aliphatic carbocycles. The van der Waals surface area contributed by atoms with E-state index in [1.165, 1.54) is 24.7 Å². The smallest absolute Gasteiger partial charge is 0.326 e. The average Bonchev–Trinajstić information content (AvgIpc) is 2.58. The highest BCUT2D eigenvalue weighted by Gasteiger charge is 2.23. The van der Waals surface area contributed by atoms with Crippen LogP contribution in [0.25, 0.3) is 0 Å². The second-order valence-corrected chi connectivity index (χ2v) is 7.14. The highest BCUT2D eigenvalue weighted by atomic mass is 16.5. The molecule has 2 N–H and O–H groups in total. The highest BCUT2D eigenvalue weighted by molar-refractivity contribution is 5.96. The standard InChI is InChI=1S/C19H23N3O4/c1-19(2,3)8-7-15(18(24)25)22-17(23)13-5-4-6-14(11-13)26-16-12-20-9-10-21-16/h4-6,9-12,15H,7-8H2,1-3H3,(H,22,23)(H,24,25). The van der Waals surface area contributed by atoms with Gasteiger partial charge in [-0.05, 0) is 36.5 Å². The zero-order chi connectivity index (χ0) is 19.2. The maximum Gasteiger partial charge on any atom is 0.326 e. The second kappa shape index (κ2) is 8.42. The quantitative estimate of drug-likeness (QED) is 0.788. The van der Waals surface area contributed by atoms with Gasteiger partial charge in [-0.3, -0.25) is 9.78 Å². The number of nitrogens with zero attached hydrogens (tertiary/aromatic N) is 2. The highest BCUT2D eigenvalue weighted by Crippen LogP contribution is 2.22. The van der Waals surface area contributed by atoms with E-state index < -0.39 is 17.9 Å². The van der Waals surface area contributed by atoms with Gasteiger partial charge >= 0.3 is 5.97 Å². The third kappa shape index (κ3) is 6.16. The van der Waals surface area contributed by atoms with Gasteiger partial charge < -0.3 is 15.2 Å². The summed E-state index contributed by atoms with van der Waals surface area (Å²) in [4.78, 5) is 31.8. The molecule has 1 aromatic heterocycles. The van der Waals surface area contributed by atoms with Crippen molar-refractivity contribution in [3.63, 3.8) is 0 Å². The number of rotatable bonds is 7. The van der Waals surface area contributed by atoms with E-state index in [1.807, 2.05) is 20.8 Å². The number of benzene rings is 1. The first-order valence-corrected chi connectivity index (χ1v) is 8.32. The van der Waals surface area contributed by atoms with Gasteiger partial charge in [-0.15, -0.1) is 0 Å². The summed E-state index contributed by atoms with van der Waals surface area (Å²) in [6.45, 7) is 6.09. The van der Waals surface area contributed by atoms with Crippen LogP contribution in [0.1, 0.15) is 44.0 Å². The fourth-order valence-electron chi connectivity index (χ4n) is 2.24. The Bertz CT molecular complexity index is 757. The SMILES string of the molecule is CC(C)(C)CCC(NC(=O)c1cccc(Oc2cnccn2)c1)C(=O)O. The third-order valence-electron chi connectivity index (χ3n) is 3.64. The predicted molar refractivity (Wildman–Crippen MR) is 96.1 cm³/mol. The maximum atomic E-state index is 12.4. The number of carboxylic acid groups (broad SMARTS) is 1. The molecule has 0 bridgehead atoms. The Balaban J connectivity index is 2.05. The second-order valence-electron chi connectivity index (χ2n) is 7.14. The molecule has 0 spiro atoms. The molecular formula is C19H23N3O4. The molecular weight excluding hydrogens is 334 g/mol. The van der Waals surface area contributed by atoms with E-state index in [0.717, 1.165) is 0 Å². The average molecular weight is 357 g/mol. The zero-order valence-electron chi connectivity index (χ0n) is 15.1. The van der Waals surface area contributed by atoms with Crippen LogP contribution in [0.3, 0.4) is 0 Å². The van der Waals surface area contributed by atoms with Crippen molar-refractivity contribution < 1.29 is 19.4 Å². The number of hydrogen-bond donors (Lipinski definition) is 2. The molecule has 2 rings (SSSR count). The largest absolute Gasteiger partial charge is 0.480 e. The number of carbonyl (C=O) groups is 2. The number of nitrogens with one attached hydrogen (secondary N) is 1. The molecule has 26 heavy (non-hydrogen) atoms. The van der Waals surface area contributed by atoms with Gasteiger partial charge in [-0.2, -0.15) is 0 Å². The van der Waals surface area contributed by atoms with Gasteiger partial charge in [0.25, 0.3) is 5.91 Å². The van der Waals surface area contributed by atoms with Crippen molar-refractivity contribution >= 4 is 11.9 Å². The van der Waals surface area contributed by atoms with Gasteiger partial charge in [-0.25, -0.2) is 9.78 Å². The summed E-state index contributed by atoms with van der Waals surface area (Å²) in [5.74, 6) is -0.788. The minimum atomic E-state index is -1.05. The van der Waals surface area contributed by atoms with Crippen LogP contribution in [-0.2, 0) is 4.79 Å². The molecule has 0 aliphatic heterocycles. The summed E-state index contributed by atoms with van der Waals surface area (Å²) in [6, 6.07) is 5.53. The van der Waals surface area contributed by atoms with E-state index >= 15 is 0 Å². The first kappa shape index (κ1) is 19.4. The minimum absolute atomic E-state index is 0.0110. The Morgan fingerprint density at radius 3 is 2.65 bits per heavy atom. The van der Waals surface area contributed by atoms with Gasteiger partial charge in [-0.1, -0.05) is 26.8 Å². The van der Waals surface area contributed by atoms with Crippen molar-refractivity contribution in [1.82, 2.24) is 15.3 Å². The van der Waals surface area contributed by atoms with Gasteiger partial charge in [0.2, 0.25) is 5.88 Å². The third-order valence-corrected chi connectivity index (χ3v) is 3.64. The number of hydrogen-bond acceptors (Lipinski definition) is 5. The lowest BCUT2D eigenvalue weighted by Gasteiger charge is -2.21. The van der Waals surface area contributed by atoms with E-state index in [4.69, 9.17) is 4.74 Å². The molecule has 0 saturated carbocycles. The first-order chi connectivity index (χ1) is 12.2. The first-order valence-electron chi connectivity index (χ1n) is 8.32. The number of aromatic nitrogens is 2. The Kier molecular flexibility index (Phi) is 6.27. The molecule has 1 aromatic carbocycles. The maximum absolute atomic E-state index is 12.4. The number of aliphatic carboxylic acids is 1. The van der Waals surface area contributed by atoms with E-state index in [1.54, 1.807) is 18.2 Å². The summed E-state index contributed by atoms with van der Waals surface area (Å²) in [6.07, 6.45) is 5.53. The normalized spacial score (nSPS) is 12.3. The van der Waals surface area contributed by atoms with Crippen molar-refractivity contribution in [2.75, 3.05) is 0 Å². The number of carboxylic acids is 1. The number of amides is 1. The molecule has 2 aromatic rings. The fraction of sp³-hybridized carbons (Fsp3) is 0.368. The van der Waals surface area contributed by atoms with Gasteiger partial charge in [0.15, 0.2) is 0 Å². The van der Waals surface area contributed by atoms with Crippen LogP contribution in [0.5, 0.6) is 11.6 Å². The molecule has 138 valence electrons. The molecule has 1 unspecified atom stereocenters. The van der Waals surface area contributed by atoms with Crippen LogP contribution in [0.2, 0.25) is 0 Å². The lowest BCUT2D eigenvalue weighted by molar-refractivity contribution is -0.139. The van der Waals surface area contributed by atoms with Crippen LogP contribution in [-0.4, -0.2) is 33.0 Å². The Morgan fingerprint density at radius 2 is 2.04 bits per heavy atom. The summed E-state index contributed by atoms with van der Waals surface area (Å²) >= 11 is 0. The zero-order valence-corrected chi connectivity index (χ0v) is 15.1. The Labute approximate surface area is 152 Å². The molecule has 7 heteroatoms. The van der Waals surface area contributed by atoms with Crippen molar-refractivity contribution in [3.05, 3.63) is 48.4 Å². The van der Waals surface area contributed by atoms with E-state index in [9.17, 15) is 14.7 Å². The van der Waals surface area contributed by atoms with Crippen molar-refractivity contribution in [3.8, 4) is 11.6 Å². The summed E-state index contributed by atoms with van der Waals surface area (Å²) in [5.41, 5.74) is 0.302. The number of ether oxygens (including phenoxy) is 1. The van der Waals surface area contributed by atoms with Crippen molar-refractivity contribution in [1.29, 1.82) is 0 Å². The van der Waals surface area contributed by atoms with Crippen molar-refractivity contribution in [2.45, 2.75) is 39.7 Å². The molecule has 1 atom stereocenters. The Morgan fingerprint density at radius 1 is 1.27 bits per heavy atom. The van der Waals surface area contributed by atoms with Crippen LogP contribution < -0.4 is 10.1 Å². The van der Waals surface area contributed by atoms with Gasteiger partial charge in [0, 0.05) is 18.0 Å². The number of carbonyl (C=O) groups excluding carboxylic acids is 1. The fourth-order valence-corrected chi connectivity index (χ4v) is 2.24. The minimum Gasteiger partial charge on any atom is -0.480 e. The lowest BCUT2D eigenvalue weighted by Crippen LogP contribution is -2.41. The van der Waals surface area contributed by atoms with Gasteiger partial charge in [0.05, 0.1) is 6.20 Å². The summed E-state index contributed by atoms with van der Waals surface area (Å²) in [5, 5.41) is 11.9. The molecule has 0 saturated heterocycles. The molecule has 0 fully saturated rings. The molecule has 0 aliphatic rings. The van der Waals surface area contributed by atoms with Crippen LogP contribution in [0.4, 0.5) is 0 Å². The van der Waals surface area contributed by atoms with Gasteiger partial charge in [0.1, 0.15) is 11.8 Å². The van der Waals surface area contributed by atoms with E-state index in [0.29, 0.717) is 30.0 Å². The van der Waals surface area contributed by atoms with Crippen LogP contribution in [0.15, 0.2) is 42.9 Å². The molecule has 1 heterocycles. The molecule has 7 nitrogen and oxygen atoms in total. The summed E-state index contributed by atoms with van der Waals surface area (Å²) in [7, 11) is 0. The predicted octanol–water partition coefficient (Wildman–Crippen LogP) is 3.28.